The Kier molecular flexibility index (Phi) is 5.60. The predicted molar refractivity (Wildman–Crippen MR) is 110 cm³/mol. The number of hydrogen-bond donors (Lipinski definition) is 0. The van der Waals surface area contributed by atoms with Crippen molar-refractivity contribution >= 4 is 0 Å². The van der Waals surface area contributed by atoms with Gasteiger partial charge in [0, 0.05) is 18.3 Å². The van der Waals surface area contributed by atoms with E-state index in [1.807, 2.05) is 49.4 Å². The maximum atomic E-state index is 12.9. The molecule has 0 radical (unpaired) electrons. The van der Waals surface area contributed by atoms with Gasteiger partial charge in [-0.1, -0.05) is 55.8 Å². The Bertz CT molecular complexity index is 1170. The Hall–Kier alpha value is -3.39. The Morgan fingerprint density at radius 3 is 2.39 bits per heavy atom. The molecule has 0 saturated carbocycles. The van der Waals surface area contributed by atoms with Gasteiger partial charge in [-0.15, -0.1) is 0 Å². The zero-order valence-corrected chi connectivity index (χ0v) is 16.4. The Balaban J connectivity index is 2.28. The summed E-state index contributed by atoms with van der Waals surface area (Å²) in [6.07, 6.45) is 1.45. The van der Waals surface area contributed by atoms with E-state index in [-0.39, 0.29) is 17.8 Å². The van der Waals surface area contributed by atoms with Crippen LogP contribution >= 0.6 is 0 Å². The Morgan fingerprint density at radius 1 is 1.04 bits per heavy atom. The molecule has 28 heavy (non-hydrogen) atoms. The summed E-state index contributed by atoms with van der Waals surface area (Å²) in [5.41, 5.74) is 3.92. The van der Waals surface area contributed by atoms with Crippen LogP contribution in [0.1, 0.15) is 35.7 Å². The Labute approximate surface area is 164 Å². The molecular formula is C23H23N3O2. The zero-order chi connectivity index (χ0) is 20.3. The summed E-state index contributed by atoms with van der Waals surface area (Å²) in [5.74, 6) is 0. The lowest BCUT2D eigenvalue weighted by molar-refractivity contribution is 0.597. The van der Waals surface area contributed by atoms with E-state index in [4.69, 9.17) is 0 Å². The van der Waals surface area contributed by atoms with Crippen LogP contribution in [0.5, 0.6) is 0 Å². The van der Waals surface area contributed by atoms with Gasteiger partial charge in [0.25, 0.3) is 5.56 Å². The molecule has 0 atom stereocenters. The van der Waals surface area contributed by atoms with Crippen LogP contribution < -0.4 is 11.2 Å². The quantitative estimate of drug-likeness (QED) is 0.688. The largest absolute Gasteiger partial charge is 0.331 e. The van der Waals surface area contributed by atoms with E-state index < -0.39 is 0 Å². The average Bonchev–Trinajstić information content (AvgIpc) is 2.73. The van der Waals surface area contributed by atoms with Crippen LogP contribution in [0.3, 0.4) is 0 Å². The van der Waals surface area contributed by atoms with Gasteiger partial charge in [-0.3, -0.25) is 13.9 Å². The maximum absolute atomic E-state index is 12.9. The first-order chi connectivity index (χ1) is 13.5. The molecule has 2 aromatic carbocycles. The fourth-order valence-corrected chi connectivity index (χ4v) is 3.59. The van der Waals surface area contributed by atoms with E-state index in [9.17, 15) is 14.9 Å². The highest BCUT2D eigenvalue weighted by atomic mass is 16.2. The SMILES string of the molecule is CCCc1c(C)c(=O)n(C)c(=O)n1Cc1c(C#N)cccc1-c1ccccc1. The number of nitriles is 1. The van der Waals surface area contributed by atoms with Crippen molar-refractivity contribution in [3.05, 3.63) is 91.8 Å². The van der Waals surface area contributed by atoms with Crippen LogP contribution in [0.25, 0.3) is 11.1 Å². The van der Waals surface area contributed by atoms with E-state index >= 15 is 0 Å². The van der Waals surface area contributed by atoms with Crippen LogP contribution in [0.15, 0.2) is 58.1 Å². The highest BCUT2D eigenvalue weighted by molar-refractivity contribution is 5.70. The van der Waals surface area contributed by atoms with Gasteiger partial charge < -0.3 is 0 Å². The summed E-state index contributed by atoms with van der Waals surface area (Å²) in [4.78, 5) is 25.3. The molecule has 0 N–H and O–H groups in total. The molecule has 142 valence electrons. The number of aromatic nitrogens is 2. The van der Waals surface area contributed by atoms with Gasteiger partial charge in [-0.05, 0) is 36.1 Å². The molecule has 0 saturated heterocycles. The topological polar surface area (TPSA) is 67.8 Å². The highest BCUT2D eigenvalue weighted by Gasteiger charge is 2.17. The van der Waals surface area contributed by atoms with Crippen LogP contribution in [-0.2, 0) is 20.0 Å². The van der Waals surface area contributed by atoms with E-state index in [2.05, 4.69) is 6.07 Å². The number of nitrogens with zero attached hydrogens (tertiary/aromatic N) is 3. The zero-order valence-electron chi connectivity index (χ0n) is 16.4. The first-order valence-electron chi connectivity index (χ1n) is 9.36. The van der Waals surface area contributed by atoms with E-state index in [1.54, 1.807) is 17.6 Å². The minimum absolute atomic E-state index is 0.247. The molecule has 0 fully saturated rings. The molecule has 0 aliphatic carbocycles. The molecule has 3 aromatic rings. The van der Waals surface area contributed by atoms with E-state index in [1.165, 1.54) is 7.05 Å². The number of benzene rings is 2. The molecule has 1 aromatic heterocycles. The van der Waals surface area contributed by atoms with E-state index in [0.717, 1.165) is 33.4 Å². The van der Waals surface area contributed by atoms with Gasteiger partial charge in [0.15, 0.2) is 0 Å². The molecule has 3 rings (SSSR count). The van der Waals surface area contributed by atoms with Crippen molar-refractivity contribution in [1.82, 2.24) is 9.13 Å². The number of hydrogen-bond acceptors (Lipinski definition) is 3. The summed E-state index contributed by atoms with van der Waals surface area (Å²) in [5, 5.41) is 9.67. The Morgan fingerprint density at radius 2 is 1.75 bits per heavy atom. The summed E-state index contributed by atoms with van der Waals surface area (Å²) >= 11 is 0. The summed E-state index contributed by atoms with van der Waals surface area (Å²) in [6, 6.07) is 17.6. The van der Waals surface area contributed by atoms with Gasteiger partial charge in [0.05, 0.1) is 18.2 Å². The first-order valence-corrected chi connectivity index (χ1v) is 9.36. The van der Waals surface area contributed by atoms with Crippen molar-refractivity contribution < 1.29 is 0 Å². The lowest BCUT2D eigenvalue weighted by Gasteiger charge is -2.19. The van der Waals surface area contributed by atoms with Crippen LogP contribution in [-0.4, -0.2) is 9.13 Å². The molecule has 0 aliphatic heterocycles. The average molecular weight is 373 g/mol. The molecule has 0 aliphatic rings. The third-order valence-electron chi connectivity index (χ3n) is 5.09. The van der Waals surface area contributed by atoms with Crippen molar-refractivity contribution in [3.8, 4) is 17.2 Å². The third kappa shape index (κ3) is 3.41. The van der Waals surface area contributed by atoms with Gasteiger partial charge in [0.1, 0.15) is 0 Å². The molecule has 0 spiro atoms. The van der Waals surface area contributed by atoms with Gasteiger partial charge in [0.2, 0.25) is 0 Å². The lowest BCUT2D eigenvalue weighted by Crippen LogP contribution is -2.41. The molecule has 0 amide bonds. The van der Waals surface area contributed by atoms with Crippen molar-refractivity contribution in [2.24, 2.45) is 7.05 Å². The molecule has 5 heteroatoms. The molecule has 0 unspecified atom stereocenters. The van der Waals surface area contributed by atoms with Gasteiger partial charge in [-0.2, -0.15) is 5.26 Å². The first kappa shape index (κ1) is 19.4. The van der Waals surface area contributed by atoms with Crippen LogP contribution in [0.2, 0.25) is 0 Å². The maximum Gasteiger partial charge on any atom is 0.331 e. The molecule has 1 heterocycles. The predicted octanol–water partition coefficient (Wildman–Crippen LogP) is 3.39. The lowest BCUT2D eigenvalue weighted by atomic mass is 9.95. The van der Waals surface area contributed by atoms with Crippen molar-refractivity contribution in [1.29, 1.82) is 5.26 Å². The third-order valence-corrected chi connectivity index (χ3v) is 5.09. The standard InChI is InChI=1S/C23H23N3O2/c1-4-9-21-16(2)22(27)25(3)23(28)26(21)15-20-18(14-24)12-8-13-19(20)17-10-6-5-7-11-17/h5-8,10-13H,4,9,15H2,1-3H3. The van der Waals surface area contributed by atoms with E-state index in [0.29, 0.717) is 17.5 Å². The second-order valence-corrected chi connectivity index (χ2v) is 6.86. The van der Waals surface area contributed by atoms with Gasteiger partial charge >= 0.3 is 5.69 Å². The minimum atomic E-state index is -0.356. The highest BCUT2D eigenvalue weighted by Crippen LogP contribution is 2.27. The monoisotopic (exact) mass is 373 g/mol. The van der Waals surface area contributed by atoms with Crippen molar-refractivity contribution in [2.45, 2.75) is 33.2 Å². The normalized spacial score (nSPS) is 10.6. The smallest absolute Gasteiger partial charge is 0.293 e. The van der Waals surface area contributed by atoms with Crippen molar-refractivity contribution in [2.75, 3.05) is 0 Å². The van der Waals surface area contributed by atoms with Crippen molar-refractivity contribution in [3.63, 3.8) is 0 Å². The van der Waals surface area contributed by atoms with Gasteiger partial charge in [-0.25, -0.2) is 4.79 Å². The second kappa shape index (κ2) is 8.10. The summed E-state index contributed by atoms with van der Waals surface area (Å²) in [6.45, 7) is 4.03. The summed E-state index contributed by atoms with van der Waals surface area (Å²) < 4.78 is 2.79. The molecular weight excluding hydrogens is 350 g/mol. The minimum Gasteiger partial charge on any atom is -0.293 e. The molecule has 0 bridgehead atoms. The fraction of sp³-hybridized carbons (Fsp3) is 0.261. The van der Waals surface area contributed by atoms with Crippen LogP contribution in [0, 0.1) is 18.3 Å². The fourth-order valence-electron chi connectivity index (χ4n) is 3.59. The van der Waals surface area contributed by atoms with Crippen LogP contribution in [0.4, 0.5) is 0 Å². The second-order valence-electron chi connectivity index (χ2n) is 6.86. The molecule has 5 nitrogen and oxygen atoms in total. The number of rotatable bonds is 5. The summed E-state index contributed by atoms with van der Waals surface area (Å²) in [7, 11) is 1.50.